The van der Waals surface area contributed by atoms with E-state index in [2.05, 4.69) is 6.92 Å². The molecule has 0 spiro atoms. The van der Waals surface area contributed by atoms with Crippen LogP contribution in [0.5, 0.6) is 5.75 Å². The third-order valence-corrected chi connectivity index (χ3v) is 8.27. The second-order valence-corrected chi connectivity index (χ2v) is 10.9. The van der Waals surface area contributed by atoms with Crippen LogP contribution in [-0.2, 0) is 14.4 Å². The first-order valence-electron chi connectivity index (χ1n) is 13.0. The molecule has 194 valence electrons. The molecule has 1 aliphatic heterocycles. The first-order valence-corrected chi connectivity index (χ1v) is 13.0. The van der Waals surface area contributed by atoms with Crippen molar-refractivity contribution in [3.05, 3.63) is 29.1 Å². The van der Waals surface area contributed by atoms with Gasteiger partial charge in [-0.05, 0) is 87.3 Å². The zero-order valence-corrected chi connectivity index (χ0v) is 21.3. The number of hydrogen-bond acceptors (Lipinski definition) is 4. The number of rotatable bonds is 6. The number of ether oxygens (including phenoxy) is 1. The summed E-state index contributed by atoms with van der Waals surface area (Å²) in [6.07, 6.45) is 13.0. The number of imide groups is 1. The fourth-order valence-electron chi connectivity index (χ4n) is 6.10. The number of carbonyl (C=O) groups excluding carboxylic acids is 2. The molecule has 35 heavy (non-hydrogen) atoms. The van der Waals surface area contributed by atoms with Crippen LogP contribution in [0.2, 0.25) is 0 Å². The minimum absolute atomic E-state index is 0.0625. The van der Waals surface area contributed by atoms with Crippen molar-refractivity contribution in [1.82, 2.24) is 4.90 Å². The molecule has 1 aromatic carbocycles. The van der Waals surface area contributed by atoms with E-state index in [1.165, 1.54) is 68.3 Å². The molecule has 1 saturated heterocycles. The number of carboxylic acid groups (broad SMARTS) is 1. The Hall–Kier alpha value is -2.44. The molecule has 2 amide bonds. The van der Waals surface area contributed by atoms with Crippen molar-refractivity contribution in [1.29, 1.82) is 0 Å². The van der Waals surface area contributed by atoms with Crippen molar-refractivity contribution >= 4 is 18.8 Å². The summed E-state index contributed by atoms with van der Waals surface area (Å²) < 4.78 is 20.4. The highest BCUT2D eigenvalue weighted by Crippen LogP contribution is 2.51. The molecule has 0 radical (unpaired) electrons. The van der Waals surface area contributed by atoms with E-state index in [1.807, 2.05) is 19.9 Å². The summed E-state index contributed by atoms with van der Waals surface area (Å²) in [4.78, 5) is 29.8. The first-order chi connectivity index (χ1) is 16.8. The molecule has 3 aliphatic carbocycles. The summed E-state index contributed by atoms with van der Waals surface area (Å²) in [5, 5.41) is 6.89. The lowest BCUT2D eigenvalue weighted by molar-refractivity contribution is -0.150. The molecule has 6 nitrogen and oxygen atoms in total. The van der Waals surface area contributed by atoms with E-state index < -0.39 is 0 Å². The fraction of sp³-hybridized carbons (Fsp3) is 0.679. The largest absolute Gasteiger partial charge is 0.493 e. The van der Waals surface area contributed by atoms with Gasteiger partial charge in [-0.2, -0.15) is 0 Å². The molecule has 0 aromatic heterocycles. The van der Waals surface area contributed by atoms with Crippen LogP contribution in [0.3, 0.4) is 0 Å². The fourth-order valence-corrected chi connectivity index (χ4v) is 6.10. The van der Waals surface area contributed by atoms with Gasteiger partial charge in [0.25, 0.3) is 6.47 Å². The van der Waals surface area contributed by atoms with Crippen LogP contribution in [0.1, 0.15) is 95.1 Å². The van der Waals surface area contributed by atoms with Crippen molar-refractivity contribution in [3.63, 3.8) is 0 Å². The van der Waals surface area contributed by atoms with Gasteiger partial charge < -0.3 is 9.84 Å². The standard InChI is InChI=1S/C22H31FO.C5H7NO2.CH2O2/c1-3-22(12-16-5-4-6-17(10-16)13-22)14-24-21-11-20(23)15(2)9-19(21)18-7-8-18;1-4-2-5(8)6(4)3-7;2-1-3/h9,11,16-18H,3-8,10,12-14H2,1-2H3;3-4H,2H2,1H3;1H,(H,2,3). The Kier molecular flexibility index (Phi) is 9.31. The van der Waals surface area contributed by atoms with Crippen molar-refractivity contribution in [2.45, 2.75) is 96.9 Å². The third kappa shape index (κ3) is 6.83. The van der Waals surface area contributed by atoms with E-state index >= 15 is 0 Å². The smallest absolute Gasteiger partial charge is 0.290 e. The quantitative estimate of drug-likeness (QED) is 0.400. The van der Waals surface area contributed by atoms with E-state index in [0.29, 0.717) is 24.2 Å². The van der Waals surface area contributed by atoms with Crippen molar-refractivity contribution in [3.8, 4) is 5.75 Å². The van der Waals surface area contributed by atoms with E-state index in [1.54, 1.807) is 6.07 Å². The first kappa shape index (κ1) is 27.2. The highest BCUT2D eigenvalue weighted by molar-refractivity contribution is 5.92. The Morgan fingerprint density at radius 1 is 1.17 bits per heavy atom. The molecular formula is C28H40FNO5. The van der Waals surface area contributed by atoms with Gasteiger partial charge in [0.05, 0.1) is 6.61 Å². The highest BCUT2D eigenvalue weighted by Gasteiger charge is 2.42. The lowest BCUT2D eigenvalue weighted by Gasteiger charge is -2.47. The van der Waals surface area contributed by atoms with Crippen LogP contribution in [0.15, 0.2) is 12.1 Å². The average molecular weight is 490 g/mol. The minimum Gasteiger partial charge on any atom is -0.493 e. The number of carbonyl (C=O) groups is 3. The summed E-state index contributed by atoms with van der Waals surface area (Å²) in [7, 11) is 0. The van der Waals surface area contributed by atoms with Crippen LogP contribution >= 0.6 is 0 Å². The molecular weight excluding hydrogens is 449 g/mol. The van der Waals surface area contributed by atoms with Gasteiger partial charge in [0, 0.05) is 23.9 Å². The van der Waals surface area contributed by atoms with Crippen LogP contribution in [-0.4, -0.2) is 41.4 Å². The van der Waals surface area contributed by atoms with Crippen molar-refractivity contribution in [2.75, 3.05) is 6.61 Å². The molecule has 3 atom stereocenters. The van der Waals surface area contributed by atoms with Gasteiger partial charge in [-0.25, -0.2) is 4.39 Å². The summed E-state index contributed by atoms with van der Waals surface area (Å²) >= 11 is 0. The van der Waals surface area contributed by atoms with Crippen LogP contribution in [0, 0.1) is 30.0 Å². The number of aryl methyl sites for hydroxylation is 1. The van der Waals surface area contributed by atoms with E-state index in [0.717, 1.165) is 29.8 Å². The lowest BCUT2D eigenvalue weighted by Crippen LogP contribution is -2.49. The van der Waals surface area contributed by atoms with Gasteiger partial charge in [0.2, 0.25) is 12.3 Å². The number of fused-ring (bicyclic) bond motifs is 2. The van der Waals surface area contributed by atoms with Gasteiger partial charge in [0.1, 0.15) is 11.6 Å². The molecule has 5 rings (SSSR count). The topological polar surface area (TPSA) is 83.9 Å². The molecule has 2 bridgehead atoms. The minimum atomic E-state index is -0.250. The van der Waals surface area contributed by atoms with Gasteiger partial charge in [0.15, 0.2) is 0 Å². The molecule has 3 saturated carbocycles. The number of nitrogens with zero attached hydrogens (tertiary/aromatic N) is 1. The molecule has 1 N–H and O–H groups in total. The Labute approximate surface area is 208 Å². The predicted octanol–water partition coefficient (Wildman–Crippen LogP) is 5.85. The van der Waals surface area contributed by atoms with Crippen LogP contribution < -0.4 is 4.74 Å². The average Bonchev–Trinajstić information content (AvgIpc) is 3.66. The maximum atomic E-state index is 14.1. The Morgan fingerprint density at radius 3 is 2.26 bits per heavy atom. The molecule has 4 fully saturated rings. The zero-order chi connectivity index (χ0) is 25.6. The van der Waals surface area contributed by atoms with Gasteiger partial charge >= 0.3 is 0 Å². The normalized spacial score (nSPS) is 29.0. The Bertz CT molecular complexity index is 888. The Morgan fingerprint density at radius 2 is 1.80 bits per heavy atom. The van der Waals surface area contributed by atoms with E-state index in [4.69, 9.17) is 14.6 Å². The zero-order valence-electron chi connectivity index (χ0n) is 21.3. The molecule has 7 heteroatoms. The van der Waals surface area contributed by atoms with Gasteiger partial charge in [-0.1, -0.05) is 26.2 Å². The predicted molar refractivity (Wildman–Crippen MR) is 132 cm³/mol. The monoisotopic (exact) mass is 489 g/mol. The highest BCUT2D eigenvalue weighted by atomic mass is 19.1. The summed E-state index contributed by atoms with van der Waals surface area (Å²) in [6.45, 7) is 6.55. The van der Waals surface area contributed by atoms with Gasteiger partial charge in [-0.3, -0.25) is 19.3 Å². The van der Waals surface area contributed by atoms with Crippen LogP contribution in [0.25, 0.3) is 0 Å². The Balaban J connectivity index is 0.000000260. The molecule has 1 heterocycles. The number of β-lactam (4-membered cyclic amide) rings is 1. The molecule has 3 unspecified atom stereocenters. The molecule has 4 aliphatic rings. The summed E-state index contributed by atoms with van der Waals surface area (Å²) in [6, 6.07) is 3.81. The number of amides is 2. The SMILES string of the molecule is CC1CC(=O)N1C=O.CCC1(COc2cc(F)c(C)cc2C2CC2)CC2CCCC(C2)C1.O=CO. The van der Waals surface area contributed by atoms with Crippen LogP contribution in [0.4, 0.5) is 4.39 Å². The summed E-state index contributed by atoms with van der Waals surface area (Å²) in [5.74, 6) is 3.04. The second kappa shape index (κ2) is 12.0. The van der Waals surface area contributed by atoms with Crippen molar-refractivity contribution < 1.29 is 28.6 Å². The maximum Gasteiger partial charge on any atom is 0.290 e. The number of halogens is 1. The van der Waals surface area contributed by atoms with E-state index in [9.17, 15) is 14.0 Å². The number of hydrogen-bond donors (Lipinski definition) is 1. The maximum absolute atomic E-state index is 14.1. The second-order valence-electron chi connectivity index (χ2n) is 10.9. The third-order valence-electron chi connectivity index (χ3n) is 8.27. The number of benzene rings is 1. The van der Waals surface area contributed by atoms with Crippen molar-refractivity contribution in [2.24, 2.45) is 17.3 Å². The summed E-state index contributed by atoms with van der Waals surface area (Å²) in [5.41, 5.74) is 2.31. The lowest BCUT2D eigenvalue weighted by atomic mass is 9.60. The molecule has 1 aromatic rings. The number of likely N-dealkylation sites (tertiary alicyclic amines) is 1. The van der Waals surface area contributed by atoms with Gasteiger partial charge in [-0.15, -0.1) is 0 Å². The van der Waals surface area contributed by atoms with E-state index in [-0.39, 0.29) is 24.2 Å².